The summed E-state index contributed by atoms with van der Waals surface area (Å²) in [7, 11) is 1.60. The lowest BCUT2D eigenvalue weighted by molar-refractivity contribution is -0.125. The molecule has 1 fully saturated rings. The number of furan rings is 1. The van der Waals surface area contributed by atoms with Crippen molar-refractivity contribution in [1.29, 1.82) is 0 Å². The fourth-order valence-electron chi connectivity index (χ4n) is 3.25. The topological polar surface area (TPSA) is 114 Å². The van der Waals surface area contributed by atoms with Gasteiger partial charge in [-0.15, -0.1) is 0 Å². The Hall–Kier alpha value is -2.68. The average Bonchev–Trinajstić information content (AvgIpc) is 3.35. The molecule has 2 atom stereocenters. The second-order valence-electron chi connectivity index (χ2n) is 7.15. The molecule has 2 aromatic heterocycles. The van der Waals surface area contributed by atoms with Crippen molar-refractivity contribution in [1.82, 2.24) is 25.7 Å². The van der Waals surface area contributed by atoms with E-state index in [2.05, 4.69) is 34.6 Å². The van der Waals surface area contributed by atoms with Crippen LogP contribution < -0.4 is 10.6 Å². The van der Waals surface area contributed by atoms with Gasteiger partial charge < -0.3 is 19.6 Å². The van der Waals surface area contributed by atoms with Gasteiger partial charge in [-0.2, -0.15) is 4.98 Å². The van der Waals surface area contributed by atoms with Crippen LogP contribution in [0.15, 0.2) is 27.3 Å². The van der Waals surface area contributed by atoms with Crippen LogP contribution in [-0.4, -0.2) is 52.5 Å². The van der Waals surface area contributed by atoms with Crippen LogP contribution in [0.25, 0.3) is 0 Å². The molecule has 9 nitrogen and oxygen atoms in total. The van der Waals surface area contributed by atoms with Crippen LogP contribution in [0.3, 0.4) is 0 Å². The van der Waals surface area contributed by atoms with E-state index in [9.17, 15) is 9.59 Å². The Morgan fingerprint density at radius 1 is 1.41 bits per heavy atom. The lowest BCUT2D eigenvalue weighted by atomic mass is 10.1. The second-order valence-corrected chi connectivity index (χ2v) is 7.15. The van der Waals surface area contributed by atoms with Gasteiger partial charge in [0, 0.05) is 26.1 Å². The smallest absolute Gasteiger partial charge is 0.287 e. The number of nitrogens with zero attached hydrogens (tertiary/aromatic N) is 3. The predicted octanol–water partition coefficient (Wildman–Crippen LogP) is 0.980. The fourth-order valence-corrected chi connectivity index (χ4v) is 3.25. The maximum Gasteiger partial charge on any atom is 0.287 e. The van der Waals surface area contributed by atoms with Crippen molar-refractivity contribution in [2.45, 2.75) is 45.3 Å². The normalized spacial score (nSPS) is 20.1. The molecule has 0 radical (unpaired) electrons. The number of rotatable bonds is 7. The molecule has 1 aliphatic rings. The first kappa shape index (κ1) is 19.1. The van der Waals surface area contributed by atoms with Gasteiger partial charge in [-0.1, -0.05) is 19.0 Å². The molecule has 0 spiro atoms. The predicted molar refractivity (Wildman–Crippen MR) is 95.7 cm³/mol. The molecule has 3 rings (SSSR count). The number of amides is 2. The largest absolute Gasteiger partial charge is 0.459 e. The summed E-state index contributed by atoms with van der Waals surface area (Å²) in [4.78, 5) is 30.9. The van der Waals surface area contributed by atoms with E-state index in [1.165, 1.54) is 6.26 Å². The van der Waals surface area contributed by atoms with Crippen LogP contribution in [0.4, 0.5) is 0 Å². The number of likely N-dealkylation sites (N-methyl/N-ethyl adjacent to an activating group) is 1. The Balaban J connectivity index is 1.65. The molecule has 2 N–H and O–H groups in total. The number of carbonyl (C=O) groups is 2. The summed E-state index contributed by atoms with van der Waals surface area (Å²) in [5.41, 5.74) is 0. The highest BCUT2D eigenvalue weighted by molar-refractivity contribution is 5.91. The van der Waals surface area contributed by atoms with E-state index < -0.39 is 0 Å². The Morgan fingerprint density at radius 3 is 2.89 bits per heavy atom. The van der Waals surface area contributed by atoms with E-state index in [1.807, 2.05) is 4.90 Å². The summed E-state index contributed by atoms with van der Waals surface area (Å²) in [6.07, 6.45) is 2.67. The van der Waals surface area contributed by atoms with Crippen molar-refractivity contribution in [3.63, 3.8) is 0 Å². The summed E-state index contributed by atoms with van der Waals surface area (Å²) in [5, 5.41) is 9.62. The second kappa shape index (κ2) is 8.34. The molecule has 1 aliphatic heterocycles. The summed E-state index contributed by atoms with van der Waals surface area (Å²) < 4.78 is 10.4. The standard InChI is InChI=1S/C18H25N5O4/c1-11(2)7-16-21-15(22-27-16)10-23-9-12(8-13(23)17(24)19-3)20-18(25)14-5-4-6-26-14/h4-6,11-13H,7-10H2,1-3H3,(H,19,24)(H,20,25)/t12-,13+/m1/s1. The molecule has 9 heteroatoms. The van der Waals surface area contributed by atoms with E-state index >= 15 is 0 Å². The molecule has 3 heterocycles. The van der Waals surface area contributed by atoms with Crippen LogP contribution >= 0.6 is 0 Å². The Kier molecular flexibility index (Phi) is 5.90. The molecular weight excluding hydrogens is 350 g/mol. The van der Waals surface area contributed by atoms with Crippen LogP contribution in [-0.2, 0) is 17.8 Å². The third-order valence-corrected chi connectivity index (χ3v) is 4.47. The third kappa shape index (κ3) is 4.73. The monoisotopic (exact) mass is 375 g/mol. The first-order valence-corrected chi connectivity index (χ1v) is 9.07. The highest BCUT2D eigenvalue weighted by Crippen LogP contribution is 2.21. The van der Waals surface area contributed by atoms with E-state index in [1.54, 1.807) is 19.2 Å². The van der Waals surface area contributed by atoms with Crippen LogP contribution in [0.1, 0.15) is 42.5 Å². The van der Waals surface area contributed by atoms with E-state index in [4.69, 9.17) is 8.94 Å². The van der Waals surface area contributed by atoms with Crippen LogP contribution in [0.2, 0.25) is 0 Å². The number of hydrogen-bond donors (Lipinski definition) is 2. The van der Waals surface area contributed by atoms with Crippen molar-refractivity contribution in [2.75, 3.05) is 13.6 Å². The maximum atomic E-state index is 12.3. The third-order valence-electron chi connectivity index (χ3n) is 4.47. The highest BCUT2D eigenvalue weighted by Gasteiger charge is 2.38. The summed E-state index contributed by atoms with van der Waals surface area (Å²) in [6.45, 7) is 5.06. The average molecular weight is 375 g/mol. The van der Waals surface area contributed by atoms with Gasteiger partial charge in [0.05, 0.1) is 18.8 Å². The van der Waals surface area contributed by atoms with Gasteiger partial charge in [0.25, 0.3) is 5.91 Å². The van der Waals surface area contributed by atoms with Gasteiger partial charge in [-0.25, -0.2) is 0 Å². The zero-order valence-corrected chi connectivity index (χ0v) is 15.8. The van der Waals surface area contributed by atoms with Crippen molar-refractivity contribution in [2.24, 2.45) is 5.92 Å². The van der Waals surface area contributed by atoms with E-state index in [0.29, 0.717) is 43.6 Å². The molecular formula is C18H25N5O4. The SMILES string of the molecule is CNC(=O)[C@@H]1C[C@@H](NC(=O)c2ccco2)CN1Cc1noc(CC(C)C)n1. The Labute approximate surface area is 157 Å². The van der Waals surface area contributed by atoms with E-state index in [0.717, 1.165) is 0 Å². The number of hydrogen-bond acceptors (Lipinski definition) is 7. The van der Waals surface area contributed by atoms with Gasteiger partial charge in [-0.05, 0) is 24.5 Å². The summed E-state index contributed by atoms with van der Waals surface area (Å²) in [5.74, 6) is 1.42. The molecule has 0 bridgehead atoms. The van der Waals surface area contributed by atoms with Crippen molar-refractivity contribution >= 4 is 11.8 Å². The van der Waals surface area contributed by atoms with Crippen molar-refractivity contribution in [3.8, 4) is 0 Å². The number of nitrogens with one attached hydrogen (secondary N) is 2. The Morgan fingerprint density at radius 2 is 2.22 bits per heavy atom. The zero-order valence-electron chi connectivity index (χ0n) is 15.8. The molecule has 146 valence electrons. The highest BCUT2D eigenvalue weighted by atomic mass is 16.5. The zero-order chi connectivity index (χ0) is 19.4. The number of aromatic nitrogens is 2. The minimum atomic E-state index is -0.371. The van der Waals surface area contributed by atoms with Gasteiger partial charge in [-0.3, -0.25) is 14.5 Å². The number of carbonyl (C=O) groups excluding carboxylic acids is 2. The lowest BCUT2D eigenvalue weighted by Crippen LogP contribution is -2.41. The molecule has 27 heavy (non-hydrogen) atoms. The quantitative estimate of drug-likeness (QED) is 0.741. The van der Waals surface area contributed by atoms with Crippen LogP contribution in [0.5, 0.6) is 0 Å². The molecule has 2 aromatic rings. The maximum absolute atomic E-state index is 12.3. The van der Waals surface area contributed by atoms with Gasteiger partial charge in [0.2, 0.25) is 11.8 Å². The van der Waals surface area contributed by atoms with E-state index in [-0.39, 0.29) is 29.7 Å². The van der Waals surface area contributed by atoms with Crippen molar-refractivity contribution < 1.29 is 18.5 Å². The lowest BCUT2D eigenvalue weighted by Gasteiger charge is -2.20. The molecule has 0 aliphatic carbocycles. The fraction of sp³-hybridized carbons (Fsp3) is 0.556. The van der Waals surface area contributed by atoms with Crippen LogP contribution in [0, 0.1) is 5.92 Å². The molecule has 0 aromatic carbocycles. The molecule has 2 amide bonds. The van der Waals surface area contributed by atoms with Crippen molar-refractivity contribution in [3.05, 3.63) is 35.9 Å². The van der Waals surface area contributed by atoms with Gasteiger partial charge in [0.1, 0.15) is 0 Å². The van der Waals surface area contributed by atoms with Gasteiger partial charge >= 0.3 is 0 Å². The molecule has 0 saturated carbocycles. The molecule has 0 unspecified atom stereocenters. The minimum absolute atomic E-state index is 0.101. The van der Waals surface area contributed by atoms with Gasteiger partial charge in [0.15, 0.2) is 11.6 Å². The summed E-state index contributed by atoms with van der Waals surface area (Å²) >= 11 is 0. The first-order valence-electron chi connectivity index (χ1n) is 9.07. The molecule has 1 saturated heterocycles. The number of likely N-dealkylation sites (tertiary alicyclic amines) is 1. The summed E-state index contributed by atoms with van der Waals surface area (Å²) in [6, 6.07) is 2.72. The first-order chi connectivity index (χ1) is 13.0. The minimum Gasteiger partial charge on any atom is -0.459 e. The Bertz CT molecular complexity index is 771.